The zero-order chi connectivity index (χ0) is 26.1. The maximum absolute atomic E-state index is 12.8. The molecule has 0 aliphatic heterocycles. The zero-order valence-corrected chi connectivity index (χ0v) is 23.3. The molecule has 0 unspecified atom stereocenters. The number of hydrogen-bond acceptors (Lipinski definition) is 5. The molecule has 0 saturated heterocycles. The summed E-state index contributed by atoms with van der Waals surface area (Å²) in [5, 5.41) is 13.7. The molecule has 7 aromatic rings. The fraction of sp³-hybridized carbons (Fsp3) is 0. The number of carbonyl (C=O) groups is 2. The molecule has 0 aliphatic carbocycles. The summed E-state index contributed by atoms with van der Waals surface area (Å²) in [5.41, 5.74) is 2.69. The van der Waals surface area contributed by atoms with Crippen molar-refractivity contribution in [3.8, 4) is 0 Å². The summed E-state index contributed by atoms with van der Waals surface area (Å²) >= 11 is 1.68. The first-order valence-corrected chi connectivity index (χ1v) is 12.8. The minimum absolute atomic E-state index is 0. The number of pyridine rings is 2. The topological polar surface area (TPSA) is 80.1 Å². The third kappa shape index (κ3) is 5.30. The van der Waals surface area contributed by atoms with Gasteiger partial charge in [0.2, 0.25) is 0 Å². The molecule has 4 aromatic carbocycles. The van der Waals surface area contributed by atoms with Crippen LogP contribution in [0, 0.1) is 38.6 Å². The molecule has 0 amide bonds. The van der Waals surface area contributed by atoms with Gasteiger partial charge in [-0.05, 0) is 42.5 Å². The van der Waals surface area contributed by atoms with E-state index in [4.69, 9.17) is 0 Å². The Balaban J connectivity index is 0.000000175. The summed E-state index contributed by atoms with van der Waals surface area (Å²) in [6.45, 7) is 0. The molecule has 7 rings (SSSR count). The van der Waals surface area contributed by atoms with Crippen LogP contribution in [0.1, 0.15) is 26.3 Å². The Morgan fingerprint density at radius 3 is 1.87 bits per heavy atom. The molecule has 3 aromatic heterocycles. The van der Waals surface area contributed by atoms with Gasteiger partial charge in [-0.1, -0.05) is 60.7 Å². The van der Waals surface area contributed by atoms with Gasteiger partial charge in [-0.25, -0.2) is 4.79 Å². The summed E-state index contributed by atoms with van der Waals surface area (Å²) < 4.78 is 2.28. The molecule has 0 aliphatic rings. The van der Waals surface area contributed by atoms with E-state index in [9.17, 15) is 14.7 Å². The van der Waals surface area contributed by atoms with Crippen molar-refractivity contribution in [3.63, 3.8) is 0 Å². The number of aromatic carboxylic acids is 1. The van der Waals surface area contributed by atoms with Crippen molar-refractivity contribution < 1.29 is 53.3 Å². The monoisotopic (exact) mass is 671 g/mol. The largest absolute Gasteiger partial charge is 0.478 e. The van der Waals surface area contributed by atoms with Gasteiger partial charge >= 0.3 is 5.97 Å². The number of carbonyl (C=O) groups excluding carboxylic acids is 1. The summed E-state index contributed by atoms with van der Waals surface area (Å²) in [7, 11) is 0. The number of nitrogens with zero attached hydrogens (tertiary/aromatic N) is 2. The average Bonchev–Trinajstić information content (AvgIpc) is 3.35. The standard InChI is InChI=1S/C20H12O3S.C12H8N2.Tb/c21-19(14-6-1-2-7-15(14)20(22)23)12-9-10-18-16(11-12)13-5-3-4-8-17(13)24-18;1-3-9-5-6-10-4-2-8-14-12(10)11(9)13-7-1;/h1-11H,(H,22,23);1-8H;. The van der Waals surface area contributed by atoms with Gasteiger partial charge in [-0.3, -0.25) is 14.8 Å². The molecule has 191 valence electrons. The van der Waals surface area contributed by atoms with Crippen LogP contribution < -0.4 is 0 Å². The van der Waals surface area contributed by atoms with Crippen molar-refractivity contribution in [3.05, 3.63) is 132 Å². The molecule has 0 saturated carbocycles. The third-order valence-corrected chi connectivity index (χ3v) is 7.54. The van der Waals surface area contributed by atoms with E-state index in [1.807, 2.05) is 42.5 Å². The first kappa shape index (κ1) is 26.9. The van der Waals surface area contributed by atoms with E-state index in [0.717, 1.165) is 37.3 Å². The predicted molar refractivity (Wildman–Crippen MR) is 153 cm³/mol. The Kier molecular flexibility index (Phi) is 8.02. The van der Waals surface area contributed by atoms with E-state index >= 15 is 0 Å². The Labute approximate surface area is 258 Å². The molecule has 5 nitrogen and oxygen atoms in total. The number of hydrogen-bond donors (Lipinski definition) is 1. The number of carboxylic acid groups (broad SMARTS) is 1. The van der Waals surface area contributed by atoms with Crippen molar-refractivity contribution in [2.45, 2.75) is 0 Å². The number of ketones is 1. The van der Waals surface area contributed by atoms with Gasteiger partial charge in [0.15, 0.2) is 5.78 Å². The molecule has 7 heteroatoms. The summed E-state index contributed by atoms with van der Waals surface area (Å²) in [6.07, 6.45) is 3.60. The SMILES string of the molecule is O=C(O)c1ccccc1C(=O)c1ccc2sc3ccccc3c2c1.[Tb].c1cnc2c(c1)ccc1cccnc12. The van der Waals surface area contributed by atoms with Gasteiger partial charge in [0, 0.05) is 93.1 Å². The van der Waals surface area contributed by atoms with Crippen LogP contribution in [0.5, 0.6) is 0 Å². The number of carboxylic acids is 1. The third-order valence-electron chi connectivity index (χ3n) is 6.39. The minimum atomic E-state index is -1.10. The van der Waals surface area contributed by atoms with Crippen LogP contribution in [0.15, 0.2) is 116 Å². The van der Waals surface area contributed by atoms with E-state index in [0.29, 0.717) is 5.56 Å². The van der Waals surface area contributed by atoms with Crippen LogP contribution in [0.3, 0.4) is 0 Å². The van der Waals surface area contributed by atoms with Gasteiger partial charge in [0.05, 0.1) is 16.6 Å². The van der Waals surface area contributed by atoms with Gasteiger partial charge in [0.25, 0.3) is 0 Å². The molecule has 0 atom stereocenters. The zero-order valence-electron chi connectivity index (χ0n) is 20.4. The van der Waals surface area contributed by atoms with E-state index < -0.39 is 5.97 Å². The van der Waals surface area contributed by atoms with Crippen LogP contribution in [0.2, 0.25) is 0 Å². The number of rotatable bonds is 3. The quantitative estimate of drug-likeness (QED) is 0.154. The second-order valence-electron chi connectivity index (χ2n) is 8.70. The van der Waals surface area contributed by atoms with Gasteiger partial charge in [0.1, 0.15) is 0 Å². The van der Waals surface area contributed by atoms with Gasteiger partial charge in [-0.15, -0.1) is 11.3 Å². The Bertz CT molecular complexity index is 1950. The molecular formula is C32H20N2O3STb. The first-order valence-electron chi connectivity index (χ1n) is 12.0. The fourth-order valence-electron chi connectivity index (χ4n) is 4.57. The van der Waals surface area contributed by atoms with E-state index in [1.54, 1.807) is 48.0 Å². The van der Waals surface area contributed by atoms with Crippen molar-refractivity contribution in [2.75, 3.05) is 0 Å². The molecule has 0 fully saturated rings. The molecule has 3 heterocycles. The molecule has 0 spiro atoms. The molecule has 39 heavy (non-hydrogen) atoms. The molecule has 1 radical (unpaired) electrons. The second-order valence-corrected chi connectivity index (χ2v) is 9.79. The summed E-state index contributed by atoms with van der Waals surface area (Å²) in [4.78, 5) is 32.9. The summed E-state index contributed by atoms with van der Waals surface area (Å²) in [5.74, 6) is -1.37. The minimum Gasteiger partial charge on any atom is -0.478 e. The van der Waals surface area contributed by atoms with Crippen LogP contribution in [-0.2, 0) is 0 Å². The molecular weight excluding hydrogens is 651 g/mol. The first-order chi connectivity index (χ1) is 18.6. The number of aromatic nitrogens is 2. The maximum atomic E-state index is 12.8. The van der Waals surface area contributed by atoms with E-state index in [2.05, 4.69) is 40.3 Å². The van der Waals surface area contributed by atoms with Crippen LogP contribution >= 0.6 is 11.3 Å². The van der Waals surface area contributed by atoms with Crippen molar-refractivity contribution in [2.24, 2.45) is 0 Å². The fourth-order valence-corrected chi connectivity index (χ4v) is 5.66. The van der Waals surface area contributed by atoms with Crippen LogP contribution in [0.25, 0.3) is 42.0 Å². The molecule has 0 bridgehead atoms. The van der Waals surface area contributed by atoms with E-state index in [-0.39, 0.29) is 55.5 Å². The van der Waals surface area contributed by atoms with E-state index in [1.165, 1.54) is 10.8 Å². The Hall–Kier alpha value is -3.65. The number of fused-ring (bicyclic) bond motifs is 6. The normalized spacial score (nSPS) is 10.7. The van der Waals surface area contributed by atoms with Crippen LogP contribution in [-0.4, -0.2) is 26.8 Å². The van der Waals surface area contributed by atoms with Crippen molar-refractivity contribution >= 4 is 65.1 Å². The summed E-state index contributed by atoms with van der Waals surface area (Å²) in [6, 6.07) is 32.1. The van der Waals surface area contributed by atoms with Crippen molar-refractivity contribution in [1.82, 2.24) is 9.97 Å². The molecule has 1 N–H and O–H groups in total. The number of benzene rings is 4. The Morgan fingerprint density at radius 1 is 0.615 bits per heavy atom. The maximum Gasteiger partial charge on any atom is 0.336 e. The Morgan fingerprint density at radius 2 is 1.21 bits per heavy atom. The van der Waals surface area contributed by atoms with Crippen LogP contribution in [0.4, 0.5) is 0 Å². The van der Waals surface area contributed by atoms with Crippen molar-refractivity contribution in [1.29, 1.82) is 0 Å². The average molecular weight is 672 g/mol. The predicted octanol–water partition coefficient (Wildman–Crippen LogP) is 7.77. The number of thiophene rings is 1. The van der Waals surface area contributed by atoms with Gasteiger partial charge in [-0.2, -0.15) is 0 Å². The smallest absolute Gasteiger partial charge is 0.336 e. The second kappa shape index (κ2) is 11.6. The van der Waals surface area contributed by atoms with Gasteiger partial charge < -0.3 is 5.11 Å².